The molecule has 0 aliphatic rings. The first-order chi connectivity index (χ1) is 17.8. The summed E-state index contributed by atoms with van der Waals surface area (Å²) in [6.45, 7) is 0.981. The summed E-state index contributed by atoms with van der Waals surface area (Å²) in [5, 5.41) is 11.8. The maximum absolute atomic E-state index is 13.5. The van der Waals surface area contributed by atoms with Crippen LogP contribution >= 0.6 is 0 Å². The van der Waals surface area contributed by atoms with Gasteiger partial charge in [-0.25, -0.2) is 32.6 Å². The molecule has 0 spiro atoms. The van der Waals surface area contributed by atoms with Gasteiger partial charge in [-0.2, -0.15) is 9.49 Å². The molecular formula is C24H16F4N8O. The highest BCUT2D eigenvalue weighted by Crippen LogP contribution is 2.33. The second kappa shape index (κ2) is 9.68. The topological polar surface area (TPSA) is 103 Å². The smallest absolute Gasteiger partial charge is 0.295 e. The standard InChI is InChI=1S/C24H16F4N8O/c1-13-30-22(14-2-4-16(25)5-3-14)23(35(13)11-18(26)27)17-6-7-21-31-20(12-36(21)34-17)32-33-24(37)15-8-9-29-19(28)10-15/h2-10,12,18H,11H2,1H3. The molecule has 0 fully saturated rings. The number of aromatic nitrogens is 6. The van der Waals surface area contributed by atoms with Crippen LogP contribution < -0.4 is 0 Å². The summed E-state index contributed by atoms with van der Waals surface area (Å²) >= 11 is 0. The van der Waals surface area contributed by atoms with Gasteiger partial charge in [-0.3, -0.25) is 4.79 Å². The van der Waals surface area contributed by atoms with E-state index in [1.165, 1.54) is 45.6 Å². The molecule has 0 bridgehead atoms. The highest BCUT2D eigenvalue weighted by atomic mass is 19.3. The lowest BCUT2D eigenvalue weighted by Crippen LogP contribution is -2.10. The van der Waals surface area contributed by atoms with Crippen molar-refractivity contribution < 1.29 is 22.4 Å². The molecule has 1 aromatic carbocycles. The number of carbonyl (C=O) groups is 1. The van der Waals surface area contributed by atoms with E-state index in [-0.39, 0.29) is 11.4 Å². The van der Waals surface area contributed by atoms with Crippen molar-refractivity contribution in [2.45, 2.75) is 19.9 Å². The van der Waals surface area contributed by atoms with Gasteiger partial charge in [0.05, 0.1) is 24.1 Å². The number of pyridine rings is 1. The van der Waals surface area contributed by atoms with Crippen molar-refractivity contribution in [3.8, 4) is 22.6 Å². The number of halogens is 4. The average Bonchev–Trinajstić information content (AvgIpc) is 3.42. The maximum Gasteiger partial charge on any atom is 0.295 e. The zero-order chi connectivity index (χ0) is 26.1. The van der Waals surface area contributed by atoms with Gasteiger partial charge < -0.3 is 4.57 Å². The number of carbonyl (C=O) groups excluding carboxylic acids is 1. The summed E-state index contributed by atoms with van der Waals surface area (Å²) in [5.41, 5.74) is 1.83. The van der Waals surface area contributed by atoms with Gasteiger partial charge in [0.25, 0.3) is 12.3 Å². The Hall–Kier alpha value is -4.81. The molecule has 9 nitrogen and oxygen atoms in total. The first-order valence-electron chi connectivity index (χ1n) is 10.8. The molecule has 1 amide bonds. The van der Waals surface area contributed by atoms with Crippen LogP contribution in [-0.4, -0.2) is 41.5 Å². The van der Waals surface area contributed by atoms with Gasteiger partial charge in [-0.1, -0.05) is 0 Å². The molecule has 0 aliphatic heterocycles. The number of rotatable bonds is 6. The van der Waals surface area contributed by atoms with Gasteiger partial charge in [0.2, 0.25) is 5.95 Å². The van der Waals surface area contributed by atoms with Crippen molar-refractivity contribution in [3.05, 3.63) is 84.1 Å². The third kappa shape index (κ3) is 4.96. The minimum absolute atomic E-state index is 0.0311. The summed E-state index contributed by atoms with van der Waals surface area (Å²) in [7, 11) is 0. The van der Waals surface area contributed by atoms with E-state index < -0.39 is 30.6 Å². The molecule has 0 saturated heterocycles. The molecule has 4 heterocycles. The fourth-order valence-electron chi connectivity index (χ4n) is 3.73. The van der Waals surface area contributed by atoms with Gasteiger partial charge in [0.1, 0.15) is 17.3 Å². The molecule has 5 aromatic rings. The average molecular weight is 508 g/mol. The Balaban J connectivity index is 1.53. The number of nitrogens with zero attached hydrogens (tertiary/aromatic N) is 8. The number of imidazole rings is 2. The van der Waals surface area contributed by atoms with Crippen LogP contribution in [0.1, 0.15) is 16.2 Å². The number of hydrogen-bond acceptors (Lipinski definition) is 6. The number of alkyl halides is 2. The summed E-state index contributed by atoms with van der Waals surface area (Å²) in [4.78, 5) is 24.2. The number of hydrogen-bond donors (Lipinski definition) is 0. The quantitative estimate of drug-likeness (QED) is 0.173. The summed E-state index contributed by atoms with van der Waals surface area (Å²) in [6.07, 6.45) is -0.126. The van der Waals surface area contributed by atoms with Crippen LogP contribution in [0.3, 0.4) is 0 Å². The SMILES string of the molecule is Cc1nc(-c2ccc(F)cc2)c(-c2ccc3nc(N=NC(=O)c4ccnc(F)c4)cn3n2)n1CC(F)F. The minimum atomic E-state index is -2.65. The fraction of sp³-hybridized carbons (Fsp3) is 0.125. The Kier molecular flexibility index (Phi) is 6.26. The lowest BCUT2D eigenvalue weighted by molar-refractivity contribution is 0.0994. The van der Waals surface area contributed by atoms with Crippen LogP contribution in [0.4, 0.5) is 23.4 Å². The predicted octanol–water partition coefficient (Wildman–Crippen LogP) is 5.43. The minimum Gasteiger partial charge on any atom is -0.321 e. The van der Waals surface area contributed by atoms with Crippen molar-refractivity contribution in [3.63, 3.8) is 0 Å². The summed E-state index contributed by atoms with van der Waals surface area (Å²) < 4.78 is 56.2. The number of fused-ring (bicyclic) bond motifs is 1. The van der Waals surface area contributed by atoms with E-state index in [1.807, 2.05) is 0 Å². The van der Waals surface area contributed by atoms with E-state index >= 15 is 0 Å². The van der Waals surface area contributed by atoms with Crippen LogP contribution in [0.15, 0.2) is 71.2 Å². The molecular weight excluding hydrogens is 492 g/mol. The van der Waals surface area contributed by atoms with Crippen molar-refractivity contribution in [2.75, 3.05) is 0 Å². The first-order valence-corrected chi connectivity index (χ1v) is 10.8. The highest BCUT2D eigenvalue weighted by Gasteiger charge is 2.22. The molecule has 186 valence electrons. The van der Waals surface area contributed by atoms with Crippen LogP contribution in [-0.2, 0) is 6.54 Å². The second-order valence-corrected chi connectivity index (χ2v) is 7.86. The first kappa shape index (κ1) is 23.9. The van der Waals surface area contributed by atoms with E-state index in [2.05, 4.69) is 30.3 Å². The van der Waals surface area contributed by atoms with Gasteiger partial charge in [-0.15, -0.1) is 10.2 Å². The van der Waals surface area contributed by atoms with Crippen LogP contribution in [0.25, 0.3) is 28.3 Å². The normalized spacial score (nSPS) is 11.7. The van der Waals surface area contributed by atoms with Crippen LogP contribution in [0.2, 0.25) is 0 Å². The molecule has 4 aromatic heterocycles. The molecule has 0 atom stereocenters. The van der Waals surface area contributed by atoms with E-state index in [0.29, 0.717) is 34.1 Å². The number of amides is 1. The lowest BCUT2D eigenvalue weighted by Gasteiger charge is -2.11. The van der Waals surface area contributed by atoms with Gasteiger partial charge in [0, 0.05) is 23.4 Å². The fourth-order valence-corrected chi connectivity index (χ4v) is 3.73. The number of aryl methyl sites for hydroxylation is 1. The molecule has 0 saturated carbocycles. The van der Waals surface area contributed by atoms with Crippen molar-refractivity contribution in [2.24, 2.45) is 10.2 Å². The Morgan fingerprint density at radius 2 is 1.84 bits per heavy atom. The zero-order valence-electron chi connectivity index (χ0n) is 19.1. The molecule has 13 heteroatoms. The largest absolute Gasteiger partial charge is 0.321 e. The molecule has 0 unspecified atom stereocenters. The molecule has 0 radical (unpaired) electrons. The van der Waals surface area contributed by atoms with E-state index in [1.54, 1.807) is 19.1 Å². The molecule has 37 heavy (non-hydrogen) atoms. The third-order valence-corrected chi connectivity index (χ3v) is 5.36. The van der Waals surface area contributed by atoms with Gasteiger partial charge >= 0.3 is 0 Å². The van der Waals surface area contributed by atoms with E-state index in [9.17, 15) is 22.4 Å². The van der Waals surface area contributed by atoms with E-state index in [4.69, 9.17) is 0 Å². The maximum atomic E-state index is 13.5. The Morgan fingerprint density at radius 3 is 2.57 bits per heavy atom. The monoisotopic (exact) mass is 508 g/mol. The predicted molar refractivity (Wildman–Crippen MR) is 123 cm³/mol. The zero-order valence-corrected chi connectivity index (χ0v) is 19.1. The second-order valence-electron chi connectivity index (χ2n) is 7.86. The number of azo groups is 1. The van der Waals surface area contributed by atoms with Crippen molar-refractivity contribution in [1.82, 2.24) is 29.1 Å². The molecule has 0 N–H and O–H groups in total. The van der Waals surface area contributed by atoms with Gasteiger partial charge in [0.15, 0.2) is 11.5 Å². The van der Waals surface area contributed by atoms with Crippen molar-refractivity contribution >= 4 is 17.4 Å². The Labute approximate surface area is 206 Å². The molecule has 5 rings (SSSR count). The summed E-state index contributed by atoms with van der Waals surface area (Å²) in [5.74, 6) is -1.68. The highest BCUT2D eigenvalue weighted by molar-refractivity contribution is 5.94. The Morgan fingerprint density at radius 1 is 1.05 bits per heavy atom. The Bertz CT molecular complexity index is 1640. The molecule has 0 aliphatic carbocycles. The van der Waals surface area contributed by atoms with Gasteiger partial charge in [-0.05, 0) is 49.4 Å². The number of benzene rings is 1. The summed E-state index contributed by atoms with van der Waals surface area (Å²) in [6, 6.07) is 10.9. The lowest BCUT2D eigenvalue weighted by atomic mass is 10.1. The van der Waals surface area contributed by atoms with Crippen LogP contribution in [0, 0.1) is 18.7 Å². The van der Waals surface area contributed by atoms with Crippen molar-refractivity contribution in [1.29, 1.82) is 0 Å². The third-order valence-electron chi connectivity index (χ3n) is 5.36. The van der Waals surface area contributed by atoms with E-state index in [0.717, 1.165) is 12.3 Å². The van der Waals surface area contributed by atoms with Crippen LogP contribution in [0.5, 0.6) is 0 Å².